The minimum atomic E-state index is -0.684. The minimum absolute atomic E-state index is 0.205. The molecule has 1 heterocycles. The summed E-state index contributed by atoms with van der Waals surface area (Å²) in [6.45, 7) is 5.64. The van der Waals surface area contributed by atoms with Crippen LogP contribution in [0.5, 0.6) is 0 Å². The number of ether oxygens (including phenoxy) is 2. The number of epoxide rings is 1. The highest BCUT2D eigenvalue weighted by Crippen LogP contribution is 2.56. The van der Waals surface area contributed by atoms with E-state index in [1.165, 1.54) is 6.42 Å². The van der Waals surface area contributed by atoms with Gasteiger partial charge in [0.05, 0.1) is 0 Å². The van der Waals surface area contributed by atoms with Gasteiger partial charge in [0.15, 0.2) is 5.60 Å². The number of carbonyl (C=O) groups is 1. The first-order valence-corrected chi connectivity index (χ1v) is 5.63. The summed E-state index contributed by atoms with van der Waals surface area (Å²) in [5.74, 6) is -0.232. The van der Waals surface area contributed by atoms with Crippen molar-refractivity contribution in [3.8, 4) is 0 Å². The lowest BCUT2D eigenvalue weighted by molar-refractivity contribution is -0.148. The Morgan fingerprint density at radius 2 is 2.13 bits per heavy atom. The van der Waals surface area contributed by atoms with Gasteiger partial charge in [-0.05, 0) is 19.8 Å². The van der Waals surface area contributed by atoms with Crippen LogP contribution in [-0.4, -0.2) is 23.8 Å². The van der Waals surface area contributed by atoms with Gasteiger partial charge in [0.25, 0.3) is 0 Å². The van der Waals surface area contributed by atoms with Crippen molar-refractivity contribution in [1.29, 1.82) is 0 Å². The third kappa shape index (κ3) is 1.59. The Balaban J connectivity index is 1.98. The van der Waals surface area contributed by atoms with Crippen LogP contribution in [0.15, 0.2) is 12.7 Å². The van der Waals surface area contributed by atoms with Crippen LogP contribution < -0.4 is 0 Å². The van der Waals surface area contributed by atoms with Gasteiger partial charge in [-0.1, -0.05) is 31.9 Å². The van der Waals surface area contributed by atoms with Crippen LogP contribution in [-0.2, 0) is 14.3 Å². The van der Waals surface area contributed by atoms with E-state index in [0.717, 1.165) is 25.7 Å². The van der Waals surface area contributed by atoms with E-state index in [2.05, 4.69) is 6.58 Å². The molecule has 1 atom stereocenters. The molecule has 1 saturated heterocycles. The Bertz CT molecular complexity index is 279. The smallest absolute Gasteiger partial charge is 0.341 e. The molecule has 0 amide bonds. The highest BCUT2D eigenvalue weighted by molar-refractivity contribution is 5.84. The number of carbonyl (C=O) groups excluding carboxylic acids is 1. The van der Waals surface area contributed by atoms with Gasteiger partial charge in [-0.3, -0.25) is 0 Å². The zero-order valence-corrected chi connectivity index (χ0v) is 9.25. The quantitative estimate of drug-likeness (QED) is 0.407. The van der Waals surface area contributed by atoms with E-state index in [1.807, 2.05) is 6.92 Å². The summed E-state index contributed by atoms with van der Waals surface area (Å²) < 4.78 is 10.7. The molecule has 15 heavy (non-hydrogen) atoms. The summed E-state index contributed by atoms with van der Waals surface area (Å²) in [6, 6.07) is 0. The van der Waals surface area contributed by atoms with E-state index in [-0.39, 0.29) is 18.2 Å². The van der Waals surface area contributed by atoms with Crippen molar-refractivity contribution in [3.63, 3.8) is 0 Å². The molecule has 3 heteroatoms. The molecule has 0 aromatic rings. The molecule has 1 saturated carbocycles. The molecule has 2 aliphatic rings. The van der Waals surface area contributed by atoms with Crippen LogP contribution in [0.2, 0.25) is 0 Å². The molecule has 84 valence electrons. The predicted molar refractivity (Wildman–Crippen MR) is 56.5 cm³/mol. The SMILES string of the molecule is C=CCOC(=O)C1(C)OC12CCCCC2. The maximum atomic E-state index is 11.8. The number of hydrogen-bond donors (Lipinski definition) is 0. The highest BCUT2D eigenvalue weighted by atomic mass is 16.7. The Morgan fingerprint density at radius 3 is 2.73 bits per heavy atom. The molecule has 0 aromatic heterocycles. The molecule has 1 unspecified atom stereocenters. The van der Waals surface area contributed by atoms with Crippen LogP contribution in [0, 0.1) is 0 Å². The summed E-state index contributed by atoms with van der Waals surface area (Å²) in [5, 5.41) is 0. The normalized spacial score (nSPS) is 32.3. The third-order valence-electron chi connectivity index (χ3n) is 3.61. The highest BCUT2D eigenvalue weighted by Gasteiger charge is 2.71. The average Bonchev–Trinajstić information content (AvgIpc) is 2.82. The summed E-state index contributed by atoms with van der Waals surface area (Å²) in [4.78, 5) is 11.8. The first-order valence-electron chi connectivity index (χ1n) is 5.63. The lowest BCUT2D eigenvalue weighted by Crippen LogP contribution is -2.34. The molecular weight excluding hydrogens is 192 g/mol. The van der Waals surface area contributed by atoms with Crippen molar-refractivity contribution in [1.82, 2.24) is 0 Å². The zero-order chi connectivity index (χ0) is 10.9. The Labute approximate surface area is 90.4 Å². The fourth-order valence-electron chi connectivity index (χ4n) is 2.57. The van der Waals surface area contributed by atoms with E-state index in [4.69, 9.17) is 9.47 Å². The van der Waals surface area contributed by atoms with Gasteiger partial charge in [-0.2, -0.15) is 0 Å². The van der Waals surface area contributed by atoms with E-state index < -0.39 is 5.60 Å². The summed E-state index contributed by atoms with van der Waals surface area (Å²) >= 11 is 0. The predicted octanol–water partition coefficient (Wildman–Crippen LogP) is 2.21. The standard InChI is InChI=1S/C12H18O3/c1-3-9-14-10(13)11(2)12(15-11)7-5-4-6-8-12/h3H,1,4-9H2,2H3. The van der Waals surface area contributed by atoms with E-state index in [0.29, 0.717) is 0 Å². The molecule has 0 aromatic carbocycles. The van der Waals surface area contributed by atoms with E-state index in [9.17, 15) is 4.79 Å². The second-order valence-electron chi connectivity index (χ2n) is 4.58. The van der Waals surface area contributed by atoms with Gasteiger partial charge in [0.1, 0.15) is 12.2 Å². The minimum Gasteiger partial charge on any atom is -0.459 e. The van der Waals surface area contributed by atoms with E-state index >= 15 is 0 Å². The van der Waals surface area contributed by atoms with Crippen molar-refractivity contribution in [2.75, 3.05) is 6.61 Å². The van der Waals surface area contributed by atoms with Crippen molar-refractivity contribution in [2.45, 2.75) is 50.2 Å². The van der Waals surface area contributed by atoms with Crippen molar-refractivity contribution in [2.24, 2.45) is 0 Å². The lowest BCUT2D eigenvalue weighted by atomic mass is 9.81. The number of hydrogen-bond acceptors (Lipinski definition) is 3. The van der Waals surface area contributed by atoms with Crippen LogP contribution in [0.4, 0.5) is 0 Å². The van der Waals surface area contributed by atoms with Gasteiger partial charge in [0.2, 0.25) is 0 Å². The van der Waals surface area contributed by atoms with Gasteiger partial charge in [0, 0.05) is 0 Å². The third-order valence-corrected chi connectivity index (χ3v) is 3.61. The maximum Gasteiger partial charge on any atom is 0.341 e. The fraction of sp³-hybridized carbons (Fsp3) is 0.750. The first-order chi connectivity index (χ1) is 7.15. The van der Waals surface area contributed by atoms with Crippen molar-refractivity contribution >= 4 is 5.97 Å². The first kappa shape index (κ1) is 10.7. The van der Waals surface area contributed by atoms with Gasteiger partial charge in [-0.25, -0.2) is 4.79 Å². The van der Waals surface area contributed by atoms with Crippen molar-refractivity contribution < 1.29 is 14.3 Å². The molecule has 2 fully saturated rings. The lowest BCUT2D eigenvalue weighted by Gasteiger charge is -2.20. The second kappa shape index (κ2) is 3.63. The van der Waals surface area contributed by atoms with Crippen molar-refractivity contribution in [3.05, 3.63) is 12.7 Å². The fourth-order valence-corrected chi connectivity index (χ4v) is 2.57. The molecular formula is C12H18O3. The average molecular weight is 210 g/mol. The molecule has 1 spiro atoms. The van der Waals surface area contributed by atoms with E-state index in [1.54, 1.807) is 6.08 Å². The van der Waals surface area contributed by atoms with Gasteiger partial charge < -0.3 is 9.47 Å². The van der Waals surface area contributed by atoms with Gasteiger partial charge in [-0.15, -0.1) is 0 Å². The Morgan fingerprint density at radius 1 is 1.47 bits per heavy atom. The summed E-state index contributed by atoms with van der Waals surface area (Å²) in [7, 11) is 0. The molecule has 0 bridgehead atoms. The number of rotatable bonds is 3. The van der Waals surface area contributed by atoms with Crippen LogP contribution in [0.25, 0.3) is 0 Å². The molecule has 2 rings (SSSR count). The molecule has 1 aliphatic carbocycles. The summed E-state index contributed by atoms with van der Waals surface area (Å²) in [6.07, 6.45) is 7.13. The van der Waals surface area contributed by atoms with Gasteiger partial charge >= 0.3 is 5.97 Å². The van der Waals surface area contributed by atoms with Crippen LogP contribution >= 0.6 is 0 Å². The topological polar surface area (TPSA) is 38.8 Å². The second-order valence-corrected chi connectivity index (χ2v) is 4.58. The Hall–Kier alpha value is -0.830. The molecule has 0 N–H and O–H groups in total. The summed E-state index contributed by atoms with van der Waals surface area (Å²) in [5.41, 5.74) is -0.889. The molecule has 3 nitrogen and oxygen atoms in total. The largest absolute Gasteiger partial charge is 0.459 e. The Kier molecular flexibility index (Phi) is 2.59. The molecule has 1 aliphatic heterocycles. The van der Waals surface area contributed by atoms with Crippen LogP contribution in [0.1, 0.15) is 39.0 Å². The zero-order valence-electron chi connectivity index (χ0n) is 9.25. The number of esters is 1. The monoisotopic (exact) mass is 210 g/mol. The maximum absolute atomic E-state index is 11.8. The molecule has 0 radical (unpaired) electrons. The van der Waals surface area contributed by atoms with Crippen LogP contribution in [0.3, 0.4) is 0 Å².